The van der Waals surface area contributed by atoms with E-state index in [4.69, 9.17) is 16.3 Å². The molecule has 3 aromatic rings. The van der Waals surface area contributed by atoms with Gasteiger partial charge >= 0.3 is 0 Å². The first-order valence-corrected chi connectivity index (χ1v) is 11.7. The fraction of sp³-hybridized carbons (Fsp3) is 0.130. The molecular formula is C23H22ClN3O5S. The lowest BCUT2D eigenvalue weighted by molar-refractivity contribution is -0.116. The number of anilines is 2. The minimum atomic E-state index is -3.77. The third-order valence-electron chi connectivity index (χ3n) is 4.56. The van der Waals surface area contributed by atoms with Gasteiger partial charge in [0.15, 0.2) is 0 Å². The molecule has 0 fully saturated rings. The van der Waals surface area contributed by atoms with Crippen molar-refractivity contribution in [3.8, 4) is 5.75 Å². The molecule has 2 amide bonds. The number of ether oxygens (including phenoxy) is 1. The van der Waals surface area contributed by atoms with Crippen LogP contribution in [0.1, 0.15) is 16.8 Å². The van der Waals surface area contributed by atoms with Crippen molar-refractivity contribution >= 4 is 44.8 Å². The molecular weight excluding hydrogens is 466 g/mol. The van der Waals surface area contributed by atoms with Gasteiger partial charge in [-0.25, -0.2) is 13.1 Å². The second-order valence-electron chi connectivity index (χ2n) is 6.88. The third kappa shape index (κ3) is 6.79. The first-order chi connectivity index (χ1) is 15.8. The van der Waals surface area contributed by atoms with Gasteiger partial charge in [-0.15, -0.1) is 0 Å². The van der Waals surface area contributed by atoms with Crippen LogP contribution in [0.4, 0.5) is 11.4 Å². The van der Waals surface area contributed by atoms with E-state index in [0.29, 0.717) is 22.1 Å². The van der Waals surface area contributed by atoms with Crippen molar-refractivity contribution in [2.24, 2.45) is 0 Å². The number of amides is 2. The van der Waals surface area contributed by atoms with Gasteiger partial charge in [0.1, 0.15) is 5.75 Å². The highest BCUT2D eigenvalue weighted by atomic mass is 35.5. The molecule has 0 bridgehead atoms. The fourth-order valence-electron chi connectivity index (χ4n) is 2.87. The summed E-state index contributed by atoms with van der Waals surface area (Å²) in [6.07, 6.45) is -0.124. The SMILES string of the molecule is COc1ccc(NC(=O)c2ccccc2NC(=O)CCNS(=O)(=O)c2ccc(Cl)cc2)cc1. The van der Waals surface area contributed by atoms with Crippen LogP contribution < -0.4 is 20.1 Å². The highest BCUT2D eigenvalue weighted by molar-refractivity contribution is 7.89. The van der Waals surface area contributed by atoms with Gasteiger partial charge in [0.05, 0.1) is 23.3 Å². The summed E-state index contributed by atoms with van der Waals surface area (Å²) in [7, 11) is -2.22. The molecule has 3 aromatic carbocycles. The standard InChI is InChI=1S/C23H22ClN3O5S/c1-32-18-10-8-17(9-11-18)26-23(29)20-4-2-3-5-21(20)27-22(28)14-15-25-33(30,31)19-12-6-16(24)7-13-19/h2-13,25H,14-15H2,1H3,(H,26,29)(H,27,28). The number of carbonyl (C=O) groups is 2. The minimum Gasteiger partial charge on any atom is -0.497 e. The molecule has 0 atom stereocenters. The van der Waals surface area contributed by atoms with Crippen LogP contribution in [-0.4, -0.2) is 33.9 Å². The lowest BCUT2D eigenvalue weighted by Gasteiger charge is -2.12. The summed E-state index contributed by atoms with van der Waals surface area (Å²) >= 11 is 5.78. The van der Waals surface area contributed by atoms with Crippen molar-refractivity contribution in [2.75, 3.05) is 24.3 Å². The van der Waals surface area contributed by atoms with Crippen molar-refractivity contribution in [1.29, 1.82) is 0 Å². The van der Waals surface area contributed by atoms with Crippen LogP contribution in [0.25, 0.3) is 0 Å². The molecule has 172 valence electrons. The van der Waals surface area contributed by atoms with E-state index < -0.39 is 21.8 Å². The van der Waals surface area contributed by atoms with E-state index in [-0.39, 0.29) is 23.4 Å². The normalized spacial score (nSPS) is 11.0. The predicted molar refractivity (Wildman–Crippen MR) is 127 cm³/mol. The van der Waals surface area contributed by atoms with Crippen LogP contribution in [0.5, 0.6) is 5.75 Å². The van der Waals surface area contributed by atoms with E-state index in [1.54, 1.807) is 55.6 Å². The molecule has 0 aromatic heterocycles. The Morgan fingerprint density at radius 3 is 2.24 bits per heavy atom. The number of hydrogen-bond acceptors (Lipinski definition) is 5. The summed E-state index contributed by atoms with van der Waals surface area (Å²) in [4.78, 5) is 25.1. The highest BCUT2D eigenvalue weighted by Crippen LogP contribution is 2.20. The lowest BCUT2D eigenvalue weighted by Crippen LogP contribution is -2.28. The molecule has 0 aliphatic rings. The van der Waals surface area contributed by atoms with Crippen LogP contribution in [0.2, 0.25) is 5.02 Å². The first kappa shape index (κ1) is 24.2. The van der Waals surface area contributed by atoms with Gasteiger partial charge in [-0.3, -0.25) is 9.59 Å². The Morgan fingerprint density at radius 2 is 1.58 bits per heavy atom. The Hall–Kier alpha value is -3.40. The second-order valence-corrected chi connectivity index (χ2v) is 9.08. The molecule has 3 rings (SSSR count). The largest absolute Gasteiger partial charge is 0.497 e. The van der Waals surface area contributed by atoms with Gasteiger partial charge < -0.3 is 15.4 Å². The Morgan fingerprint density at radius 1 is 0.909 bits per heavy atom. The van der Waals surface area contributed by atoms with Gasteiger partial charge in [-0.2, -0.15) is 0 Å². The maximum Gasteiger partial charge on any atom is 0.257 e. The number of halogens is 1. The number of carbonyl (C=O) groups excluding carboxylic acids is 2. The summed E-state index contributed by atoms with van der Waals surface area (Å²) in [5.41, 5.74) is 1.15. The highest BCUT2D eigenvalue weighted by Gasteiger charge is 2.16. The van der Waals surface area contributed by atoms with E-state index in [1.807, 2.05) is 0 Å². The zero-order valence-corrected chi connectivity index (χ0v) is 19.2. The van der Waals surface area contributed by atoms with E-state index in [1.165, 1.54) is 24.3 Å². The summed E-state index contributed by atoms with van der Waals surface area (Å²) < 4.78 is 32.1. The predicted octanol–water partition coefficient (Wildman–Crippen LogP) is 3.91. The van der Waals surface area contributed by atoms with Crippen LogP contribution in [0.3, 0.4) is 0 Å². The topological polar surface area (TPSA) is 114 Å². The van der Waals surface area contributed by atoms with Crippen molar-refractivity contribution in [2.45, 2.75) is 11.3 Å². The Bertz CT molecular complexity index is 1230. The smallest absolute Gasteiger partial charge is 0.257 e. The van der Waals surface area contributed by atoms with Crippen molar-refractivity contribution in [3.05, 3.63) is 83.4 Å². The van der Waals surface area contributed by atoms with E-state index >= 15 is 0 Å². The van der Waals surface area contributed by atoms with E-state index in [2.05, 4.69) is 15.4 Å². The number of methoxy groups -OCH3 is 1. The first-order valence-electron chi connectivity index (χ1n) is 9.88. The zero-order valence-electron chi connectivity index (χ0n) is 17.7. The quantitative estimate of drug-likeness (QED) is 0.423. The maximum absolute atomic E-state index is 12.7. The number of para-hydroxylation sites is 1. The van der Waals surface area contributed by atoms with Crippen LogP contribution >= 0.6 is 11.6 Å². The van der Waals surface area contributed by atoms with Crippen molar-refractivity contribution in [1.82, 2.24) is 4.72 Å². The monoisotopic (exact) mass is 487 g/mol. The van der Waals surface area contributed by atoms with Crippen molar-refractivity contribution < 1.29 is 22.7 Å². The summed E-state index contributed by atoms with van der Waals surface area (Å²) in [5.74, 6) is -0.189. The van der Waals surface area contributed by atoms with Crippen molar-refractivity contribution in [3.63, 3.8) is 0 Å². The third-order valence-corrected chi connectivity index (χ3v) is 6.29. The molecule has 0 radical (unpaired) electrons. The molecule has 0 unspecified atom stereocenters. The van der Waals surface area contributed by atoms with Crippen LogP contribution in [0.15, 0.2) is 77.7 Å². The lowest BCUT2D eigenvalue weighted by atomic mass is 10.1. The van der Waals surface area contributed by atoms with Gasteiger partial charge in [0.2, 0.25) is 15.9 Å². The summed E-state index contributed by atoms with van der Waals surface area (Å²) in [6.45, 7) is -0.114. The average Bonchev–Trinajstić information content (AvgIpc) is 2.80. The molecule has 0 aliphatic heterocycles. The fourth-order valence-corrected chi connectivity index (χ4v) is 4.03. The van der Waals surface area contributed by atoms with Gasteiger partial charge in [0.25, 0.3) is 5.91 Å². The molecule has 33 heavy (non-hydrogen) atoms. The molecule has 0 spiro atoms. The number of sulfonamides is 1. The molecule has 0 saturated heterocycles. The van der Waals surface area contributed by atoms with Gasteiger partial charge in [0, 0.05) is 23.7 Å². The second kappa shape index (κ2) is 11.0. The molecule has 0 aliphatic carbocycles. The molecule has 0 saturated carbocycles. The molecule has 3 N–H and O–H groups in total. The van der Waals surface area contributed by atoms with Gasteiger partial charge in [-0.1, -0.05) is 23.7 Å². The number of benzene rings is 3. The van der Waals surface area contributed by atoms with Crippen LogP contribution in [-0.2, 0) is 14.8 Å². The molecule has 8 nitrogen and oxygen atoms in total. The Kier molecular flexibility index (Phi) is 8.05. The number of nitrogens with one attached hydrogen (secondary N) is 3. The molecule has 10 heteroatoms. The van der Waals surface area contributed by atoms with E-state index in [0.717, 1.165) is 0 Å². The van der Waals surface area contributed by atoms with Gasteiger partial charge in [-0.05, 0) is 60.7 Å². The van der Waals surface area contributed by atoms with E-state index in [9.17, 15) is 18.0 Å². The zero-order chi connectivity index (χ0) is 23.8. The number of rotatable bonds is 9. The van der Waals surface area contributed by atoms with Crippen LogP contribution in [0, 0.1) is 0 Å². The Balaban J connectivity index is 1.58. The maximum atomic E-state index is 12.7. The average molecular weight is 488 g/mol. The summed E-state index contributed by atoms with van der Waals surface area (Å²) in [5, 5.41) is 5.84. The molecule has 0 heterocycles. The summed E-state index contributed by atoms with van der Waals surface area (Å²) in [6, 6.07) is 19.1. The number of hydrogen-bond donors (Lipinski definition) is 3. The Labute approximate surface area is 197 Å². The minimum absolute atomic E-state index is 0.0489.